The van der Waals surface area contributed by atoms with Gasteiger partial charge in [0.25, 0.3) is 0 Å². The van der Waals surface area contributed by atoms with Gasteiger partial charge in [-0.1, -0.05) is 114 Å². The molecule has 2 aromatic rings. The predicted octanol–water partition coefficient (Wildman–Crippen LogP) is 8.10. The van der Waals surface area contributed by atoms with E-state index in [0.717, 1.165) is 17.2 Å². The van der Waals surface area contributed by atoms with E-state index in [1.54, 1.807) is 0 Å². The number of unbranched alkanes of at least 4 members (excludes halogenated alkanes) is 12. The first kappa shape index (κ1) is 24.2. The van der Waals surface area contributed by atoms with E-state index < -0.39 is 0 Å². The molecule has 0 aliphatic carbocycles. The Hall–Kier alpha value is -2.03. The molecule has 0 fully saturated rings. The number of rotatable bonds is 16. The highest BCUT2D eigenvalue weighted by molar-refractivity contribution is 6.07. The quantitative estimate of drug-likeness (QED) is 0.206. The molecule has 0 saturated carbocycles. The molecule has 3 nitrogen and oxygen atoms in total. The highest BCUT2D eigenvalue weighted by Gasteiger charge is 2.17. The minimum atomic E-state index is -0.341. The van der Waals surface area contributed by atoms with Crippen LogP contribution in [-0.4, -0.2) is 19.7 Å². The summed E-state index contributed by atoms with van der Waals surface area (Å²) in [7, 11) is 1.42. The van der Waals surface area contributed by atoms with Crippen molar-refractivity contribution in [2.75, 3.05) is 13.7 Å². The molecular formula is C27H40O3. The number of methoxy groups -OCH3 is 1. The van der Waals surface area contributed by atoms with Crippen molar-refractivity contribution in [3.8, 4) is 5.75 Å². The Morgan fingerprint density at radius 2 is 1.30 bits per heavy atom. The van der Waals surface area contributed by atoms with E-state index in [1.165, 1.54) is 84.2 Å². The number of esters is 1. The fraction of sp³-hybridized carbons (Fsp3) is 0.593. The average molecular weight is 413 g/mol. The van der Waals surface area contributed by atoms with Crippen molar-refractivity contribution in [2.24, 2.45) is 0 Å². The molecule has 0 saturated heterocycles. The first-order valence-corrected chi connectivity index (χ1v) is 12.0. The van der Waals surface area contributed by atoms with Crippen molar-refractivity contribution < 1.29 is 14.3 Å². The van der Waals surface area contributed by atoms with Gasteiger partial charge in [0.15, 0.2) is 0 Å². The molecule has 0 bridgehead atoms. The van der Waals surface area contributed by atoms with Crippen molar-refractivity contribution in [3.05, 3.63) is 42.0 Å². The molecule has 0 aliphatic heterocycles. The maximum absolute atomic E-state index is 12.3. The molecule has 2 aromatic carbocycles. The molecule has 0 atom stereocenters. The van der Waals surface area contributed by atoms with Gasteiger partial charge in [0.05, 0.1) is 13.7 Å². The van der Waals surface area contributed by atoms with Gasteiger partial charge < -0.3 is 9.47 Å². The average Bonchev–Trinajstić information content (AvgIpc) is 2.78. The third-order valence-corrected chi connectivity index (χ3v) is 5.79. The topological polar surface area (TPSA) is 35.5 Å². The molecule has 0 N–H and O–H groups in total. The number of carbonyl (C=O) groups is 1. The number of hydrogen-bond donors (Lipinski definition) is 0. The molecular weight excluding hydrogens is 372 g/mol. The summed E-state index contributed by atoms with van der Waals surface area (Å²) in [5.74, 6) is 0.284. The van der Waals surface area contributed by atoms with E-state index in [4.69, 9.17) is 9.47 Å². The fourth-order valence-electron chi connectivity index (χ4n) is 3.99. The standard InChI is InChI=1S/C27H40O3/c1-3-4-5-6-7-8-9-10-11-12-13-14-17-22-30-25-21-20-23-18-15-16-19-24(23)26(25)27(28)29-2/h15-16,18-21H,3-14,17,22H2,1-2H3. The minimum Gasteiger partial charge on any atom is -0.493 e. The Bertz CT molecular complexity index is 738. The lowest BCUT2D eigenvalue weighted by Gasteiger charge is -2.13. The highest BCUT2D eigenvalue weighted by Crippen LogP contribution is 2.29. The molecule has 0 aliphatic rings. The lowest BCUT2D eigenvalue weighted by Crippen LogP contribution is -2.07. The summed E-state index contributed by atoms with van der Waals surface area (Å²) in [6.45, 7) is 2.91. The van der Waals surface area contributed by atoms with E-state index in [-0.39, 0.29) is 5.97 Å². The van der Waals surface area contributed by atoms with Gasteiger partial charge in [0.2, 0.25) is 0 Å². The van der Waals surface area contributed by atoms with E-state index >= 15 is 0 Å². The van der Waals surface area contributed by atoms with Gasteiger partial charge in [-0.15, -0.1) is 0 Å². The Kier molecular flexibility index (Phi) is 12.0. The monoisotopic (exact) mass is 412 g/mol. The van der Waals surface area contributed by atoms with Crippen LogP contribution >= 0.6 is 0 Å². The molecule has 2 rings (SSSR count). The third kappa shape index (κ3) is 8.38. The Morgan fingerprint density at radius 1 is 0.733 bits per heavy atom. The van der Waals surface area contributed by atoms with Crippen LogP contribution in [0.25, 0.3) is 10.8 Å². The summed E-state index contributed by atoms with van der Waals surface area (Å²) in [4.78, 5) is 12.3. The maximum atomic E-state index is 12.3. The van der Waals surface area contributed by atoms with Crippen molar-refractivity contribution >= 4 is 16.7 Å². The lowest BCUT2D eigenvalue weighted by molar-refractivity contribution is 0.0598. The second kappa shape index (κ2) is 14.9. The molecule has 0 aromatic heterocycles. The number of benzene rings is 2. The number of hydrogen-bond acceptors (Lipinski definition) is 3. The van der Waals surface area contributed by atoms with Crippen molar-refractivity contribution in [3.63, 3.8) is 0 Å². The zero-order chi connectivity index (χ0) is 21.4. The maximum Gasteiger partial charge on any atom is 0.342 e. The molecule has 0 spiro atoms. The van der Waals surface area contributed by atoms with Gasteiger partial charge in [0.1, 0.15) is 11.3 Å². The van der Waals surface area contributed by atoms with Crippen LogP contribution < -0.4 is 4.74 Å². The first-order valence-electron chi connectivity index (χ1n) is 12.0. The summed E-state index contributed by atoms with van der Waals surface area (Å²) >= 11 is 0. The fourth-order valence-corrected chi connectivity index (χ4v) is 3.99. The van der Waals surface area contributed by atoms with Crippen LogP contribution in [-0.2, 0) is 4.74 Å². The van der Waals surface area contributed by atoms with E-state index in [0.29, 0.717) is 17.9 Å². The summed E-state index contributed by atoms with van der Waals surface area (Å²) in [6.07, 6.45) is 17.3. The molecule has 3 heteroatoms. The summed E-state index contributed by atoms with van der Waals surface area (Å²) in [5, 5.41) is 1.90. The minimum absolute atomic E-state index is 0.341. The largest absolute Gasteiger partial charge is 0.493 e. The zero-order valence-corrected chi connectivity index (χ0v) is 19.1. The number of fused-ring (bicyclic) bond motifs is 1. The Morgan fingerprint density at radius 3 is 1.90 bits per heavy atom. The van der Waals surface area contributed by atoms with Crippen molar-refractivity contribution in [2.45, 2.75) is 90.4 Å². The second-order valence-electron chi connectivity index (χ2n) is 8.24. The number of carbonyl (C=O) groups excluding carboxylic acids is 1. The summed E-state index contributed by atoms with van der Waals surface area (Å²) in [6, 6.07) is 11.7. The lowest BCUT2D eigenvalue weighted by atomic mass is 10.0. The van der Waals surface area contributed by atoms with Gasteiger partial charge in [-0.2, -0.15) is 0 Å². The molecule has 0 radical (unpaired) electrons. The Balaban J connectivity index is 1.60. The summed E-state index contributed by atoms with van der Waals surface area (Å²) in [5.41, 5.74) is 0.533. The first-order chi connectivity index (χ1) is 14.8. The molecule has 30 heavy (non-hydrogen) atoms. The smallest absolute Gasteiger partial charge is 0.342 e. The van der Waals surface area contributed by atoms with E-state index in [9.17, 15) is 4.79 Å². The van der Waals surface area contributed by atoms with Gasteiger partial charge in [0, 0.05) is 0 Å². The van der Waals surface area contributed by atoms with Crippen LogP contribution in [0.4, 0.5) is 0 Å². The van der Waals surface area contributed by atoms with Gasteiger partial charge in [-0.25, -0.2) is 4.79 Å². The third-order valence-electron chi connectivity index (χ3n) is 5.79. The van der Waals surface area contributed by atoms with E-state index in [2.05, 4.69) is 6.92 Å². The summed E-state index contributed by atoms with van der Waals surface area (Å²) < 4.78 is 11.0. The molecule has 166 valence electrons. The van der Waals surface area contributed by atoms with Gasteiger partial charge in [-0.05, 0) is 23.3 Å². The molecule has 0 amide bonds. The predicted molar refractivity (Wildman–Crippen MR) is 126 cm³/mol. The van der Waals surface area contributed by atoms with Gasteiger partial charge in [-0.3, -0.25) is 0 Å². The van der Waals surface area contributed by atoms with Crippen molar-refractivity contribution in [1.29, 1.82) is 0 Å². The van der Waals surface area contributed by atoms with Crippen LogP contribution in [0.3, 0.4) is 0 Å². The Labute approximate surface area is 183 Å². The zero-order valence-electron chi connectivity index (χ0n) is 19.1. The molecule has 0 unspecified atom stereocenters. The SMILES string of the molecule is CCCCCCCCCCCCCCCOc1ccc2ccccc2c1C(=O)OC. The second-order valence-corrected chi connectivity index (χ2v) is 8.24. The van der Waals surface area contributed by atoms with Crippen LogP contribution in [0.2, 0.25) is 0 Å². The number of ether oxygens (including phenoxy) is 2. The van der Waals surface area contributed by atoms with Crippen LogP contribution in [0.5, 0.6) is 5.75 Å². The van der Waals surface area contributed by atoms with E-state index in [1.807, 2.05) is 36.4 Å². The normalized spacial score (nSPS) is 11.0. The van der Waals surface area contributed by atoms with Gasteiger partial charge >= 0.3 is 5.97 Å². The van der Waals surface area contributed by atoms with Crippen molar-refractivity contribution in [1.82, 2.24) is 0 Å². The van der Waals surface area contributed by atoms with Crippen LogP contribution in [0, 0.1) is 0 Å². The van der Waals surface area contributed by atoms with Crippen LogP contribution in [0.1, 0.15) is 101 Å². The highest BCUT2D eigenvalue weighted by atomic mass is 16.5. The molecule has 0 heterocycles. The van der Waals surface area contributed by atoms with Crippen LogP contribution in [0.15, 0.2) is 36.4 Å².